The van der Waals surface area contributed by atoms with Crippen molar-refractivity contribution in [2.75, 3.05) is 13.2 Å². The van der Waals surface area contributed by atoms with Crippen molar-refractivity contribution in [1.29, 1.82) is 0 Å². The van der Waals surface area contributed by atoms with E-state index in [0.717, 1.165) is 103 Å². The van der Waals surface area contributed by atoms with Crippen molar-refractivity contribution in [2.45, 2.75) is 289 Å². The Morgan fingerprint density at radius 3 is 1.31 bits per heavy atom. The van der Waals surface area contributed by atoms with Gasteiger partial charge in [0.05, 0.1) is 6.61 Å². The summed E-state index contributed by atoms with van der Waals surface area (Å²) in [6.07, 6.45) is 36.0. The number of hydrogen-bond donors (Lipinski definition) is 3. The van der Waals surface area contributed by atoms with Crippen molar-refractivity contribution in [1.82, 2.24) is 0 Å². The van der Waals surface area contributed by atoms with Crippen LogP contribution in [0.4, 0.5) is 0 Å². The van der Waals surface area contributed by atoms with E-state index in [-0.39, 0.29) is 25.9 Å². The lowest BCUT2D eigenvalue weighted by atomic mass is 9.98. The van der Waals surface area contributed by atoms with Crippen LogP contribution in [0.15, 0.2) is 24.3 Å². The molecule has 1 saturated heterocycles. The molecule has 1 fully saturated rings. The van der Waals surface area contributed by atoms with Gasteiger partial charge >= 0.3 is 23.9 Å². The van der Waals surface area contributed by atoms with Crippen molar-refractivity contribution in [3.63, 3.8) is 0 Å². The Morgan fingerprint density at radius 2 is 0.866 bits per heavy atom. The van der Waals surface area contributed by atoms with Gasteiger partial charge in [-0.1, -0.05) is 193 Å². The summed E-state index contributed by atoms with van der Waals surface area (Å²) in [6, 6.07) is 0. The standard InChI is InChI=1S/C55H98O12/c1-4-7-10-13-16-19-22-23-24-25-28-29-32-35-38-41-47(56)63-44-46(65-48(57)42-39-36-33-30-26-20-17-14-11-8-5-2)45-64-55-53(51(60)50(59)52(67-55)54(61)62)66-49(58)43-40-37-34-31-27-21-18-15-12-9-6-3/h14,17,23-24,46,50-53,55,59-60H,4-13,15-16,18-22,25-45H2,1-3H3,(H,61,62)/b17-14-,24-23-. The van der Waals surface area contributed by atoms with Gasteiger partial charge in [0.25, 0.3) is 0 Å². The number of aliphatic carboxylic acids is 1. The maximum Gasteiger partial charge on any atom is 0.335 e. The average Bonchev–Trinajstić information content (AvgIpc) is 3.31. The topological polar surface area (TPSA) is 175 Å². The van der Waals surface area contributed by atoms with Crippen molar-refractivity contribution in [3.8, 4) is 0 Å². The Morgan fingerprint density at radius 1 is 0.478 bits per heavy atom. The lowest BCUT2D eigenvalue weighted by Crippen LogP contribution is -2.61. The van der Waals surface area contributed by atoms with Crippen LogP contribution in [0, 0.1) is 0 Å². The lowest BCUT2D eigenvalue weighted by molar-refractivity contribution is -0.301. The summed E-state index contributed by atoms with van der Waals surface area (Å²) in [4.78, 5) is 50.8. The average molecular weight is 951 g/mol. The molecule has 390 valence electrons. The molecular formula is C55H98O12. The second kappa shape index (κ2) is 44.4. The molecule has 0 aliphatic carbocycles. The molecular weight excluding hydrogens is 853 g/mol. The predicted molar refractivity (Wildman–Crippen MR) is 266 cm³/mol. The Labute approximate surface area is 407 Å². The summed E-state index contributed by atoms with van der Waals surface area (Å²) in [5.74, 6) is -3.12. The molecule has 6 unspecified atom stereocenters. The molecule has 0 amide bonds. The van der Waals surface area contributed by atoms with Crippen LogP contribution >= 0.6 is 0 Å². The number of rotatable bonds is 46. The van der Waals surface area contributed by atoms with Crippen LogP contribution in [0.25, 0.3) is 0 Å². The number of carboxylic acid groups (broad SMARTS) is 1. The second-order valence-electron chi connectivity index (χ2n) is 18.9. The second-order valence-corrected chi connectivity index (χ2v) is 18.9. The molecule has 0 aromatic carbocycles. The number of unbranched alkanes of at least 4 members (excludes halogenated alkanes) is 28. The number of hydrogen-bond acceptors (Lipinski definition) is 11. The highest BCUT2D eigenvalue weighted by Gasteiger charge is 2.50. The summed E-state index contributed by atoms with van der Waals surface area (Å²) >= 11 is 0. The Bertz CT molecular complexity index is 1270. The summed E-state index contributed by atoms with van der Waals surface area (Å²) in [5.41, 5.74) is 0. The van der Waals surface area contributed by atoms with Crippen LogP contribution in [0.5, 0.6) is 0 Å². The van der Waals surface area contributed by atoms with Crippen LogP contribution in [-0.2, 0) is 42.9 Å². The van der Waals surface area contributed by atoms with Crippen LogP contribution in [0.2, 0.25) is 0 Å². The molecule has 1 aliphatic heterocycles. The van der Waals surface area contributed by atoms with E-state index in [1.165, 1.54) is 89.9 Å². The summed E-state index contributed by atoms with van der Waals surface area (Å²) in [7, 11) is 0. The minimum absolute atomic E-state index is 0.0639. The van der Waals surface area contributed by atoms with Gasteiger partial charge in [0.15, 0.2) is 24.6 Å². The molecule has 0 radical (unpaired) electrons. The lowest BCUT2D eigenvalue weighted by Gasteiger charge is -2.40. The highest BCUT2D eigenvalue weighted by atomic mass is 16.7. The third-order valence-electron chi connectivity index (χ3n) is 12.5. The van der Waals surface area contributed by atoms with Crippen molar-refractivity contribution >= 4 is 23.9 Å². The van der Waals surface area contributed by atoms with Gasteiger partial charge in [-0.2, -0.15) is 0 Å². The van der Waals surface area contributed by atoms with E-state index in [1.807, 2.05) is 0 Å². The molecule has 0 saturated carbocycles. The van der Waals surface area contributed by atoms with E-state index in [9.17, 15) is 34.5 Å². The number of aliphatic hydroxyl groups is 2. The number of carbonyl (C=O) groups is 4. The van der Waals surface area contributed by atoms with Gasteiger partial charge in [0, 0.05) is 19.3 Å². The maximum atomic E-state index is 13.0. The van der Waals surface area contributed by atoms with Gasteiger partial charge in [-0.3, -0.25) is 14.4 Å². The van der Waals surface area contributed by atoms with E-state index in [4.69, 9.17) is 23.7 Å². The third kappa shape index (κ3) is 35.0. The normalized spacial score (nSPS) is 19.0. The van der Waals surface area contributed by atoms with E-state index in [1.54, 1.807) is 0 Å². The first kappa shape index (κ1) is 62.2. The molecule has 0 spiro atoms. The van der Waals surface area contributed by atoms with E-state index < -0.39 is 67.3 Å². The van der Waals surface area contributed by atoms with E-state index in [0.29, 0.717) is 19.3 Å². The fourth-order valence-corrected chi connectivity index (χ4v) is 8.23. The van der Waals surface area contributed by atoms with Gasteiger partial charge in [0.1, 0.15) is 18.8 Å². The van der Waals surface area contributed by atoms with E-state index >= 15 is 0 Å². The summed E-state index contributed by atoms with van der Waals surface area (Å²) in [6.45, 7) is 5.91. The molecule has 67 heavy (non-hydrogen) atoms. The zero-order chi connectivity index (χ0) is 49.0. The molecule has 12 heteroatoms. The molecule has 12 nitrogen and oxygen atoms in total. The monoisotopic (exact) mass is 951 g/mol. The van der Waals surface area contributed by atoms with Crippen LogP contribution in [0.3, 0.4) is 0 Å². The minimum Gasteiger partial charge on any atom is -0.479 e. The van der Waals surface area contributed by atoms with Gasteiger partial charge < -0.3 is 39.0 Å². The van der Waals surface area contributed by atoms with Crippen molar-refractivity contribution in [2.24, 2.45) is 0 Å². The number of carboxylic acids is 1. The predicted octanol–water partition coefficient (Wildman–Crippen LogP) is 13.1. The molecule has 0 aromatic heterocycles. The minimum atomic E-state index is -1.90. The fourth-order valence-electron chi connectivity index (χ4n) is 8.23. The molecule has 3 N–H and O–H groups in total. The third-order valence-corrected chi connectivity index (χ3v) is 12.5. The van der Waals surface area contributed by atoms with Crippen LogP contribution < -0.4 is 0 Å². The highest BCUT2D eigenvalue weighted by Crippen LogP contribution is 2.26. The summed E-state index contributed by atoms with van der Waals surface area (Å²) in [5, 5.41) is 31.3. The highest BCUT2D eigenvalue weighted by molar-refractivity contribution is 5.74. The Hall–Kier alpha value is -2.80. The quantitative estimate of drug-likeness (QED) is 0.0228. The molecule has 0 aromatic rings. The molecule has 1 rings (SSSR count). The molecule has 6 atom stereocenters. The Kier molecular flexibility index (Phi) is 41.2. The van der Waals surface area contributed by atoms with E-state index in [2.05, 4.69) is 45.1 Å². The number of allylic oxidation sites excluding steroid dienone is 4. The van der Waals surface area contributed by atoms with Gasteiger partial charge in [0.2, 0.25) is 0 Å². The van der Waals surface area contributed by atoms with Gasteiger partial charge in [-0.25, -0.2) is 4.79 Å². The number of aliphatic hydroxyl groups excluding tert-OH is 2. The molecule has 1 heterocycles. The largest absolute Gasteiger partial charge is 0.479 e. The summed E-state index contributed by atoms with van der Waals surface area (Å²) < 4.78 is 28.3. The van der Waals surface area contributed by atoms with Crippen molar-refractivity contribution in [3.05, 3.63) is 24.3 Å². The van der Waals surface area contributed by atoms with Gasteiger partial charge in [-0.05, 0) is 64.2 Å². The number of esters is 3. The first-order chi connectivity index (χ1) is 32.6. The maximum absolute atomic E-state index is 13.0. The number of carbonyl (C=O) groups excluding carboxylic acids is 3. The zero-order valence-electron chi connectivity index (χ0n) is 42.7. The Balaban J connectivity index is 2.71. The smallest absolute Gasteiger partial charge is 0.335 e. The van der Waals surface area contributed by atoms with Crippen molar-refractivity contribution < 1.29 is 58.2 Å². The zero-order valence-corrected chi connectivity index (χ0v) is 42.7. The first-order valence-corrected chi connectivity index (χ1v) is 27.3. The fraction of sp³-hybridized carbons (Fsp3) is 0.855. The molecule has 0 bridgehead atoms. The first-order valence-electron chi connectivity index (χ1n) is 27.3. The SMILES string of the molecule is CCCC/C=C\CCCCCCCC(=O)OC(COC(=O)CCCCCCC/C=C\CCCCCCCC)COC1OC(C(=O)O)C(O)C(O)C1OC(=O)CCCCCCCCCCCCC. The van der Waals surface area contributed by atoms with Crippen LogP contribution in [0.1, 0.15) is 252 Å². The number of ether oxygens (including phenoxy) is 5. The van der Waals surface area contributed by atoms with Gasteiger partial charge in [-0.15, -0.1) is 0 Å². The molecule has 1 aliphatic rings. The van der Waals surface area contributed by atoms with Crippen LogP contribution in [-0.4, -0.2) is 89.2 Å².